The van der Waals surface area contributed by atoms with Gasteiger partial charge in [-0.2, -0.15) is 13.2 Å². The van der Waals surface area contributed by atoms with Crippen LogP contribution < -0.4 is 15.0 Å². The Kier molecular flexibility index (Phi) is 7.54. The summed E-state index contributed by atoms with van der Waals surface area (Å²) in [6, 6.07) is 2.59. The number of carbonyl (C=O) groups excluding carboxylic acids is 2. The number of ether oxygens (including phenoxy) is 2. The highest BCUT2D eigenvalue weighted by molar-refractivity contribution is 7.15. The quantitative estimate of drug-likeness (QED) is 0.470. The van der Waals surface area contributed by atoms with E-state index in [1.807, 2.05) is 6.92 Å². The number of fused-ring (bicyclic) bond motifs is 1. The van der Waals surface area contributed by atoms with Gasteiger partial charge in [0.05, 0.1) is 17.3 Å². The number of halogens is 3. The third kappa shape index (κ3) is 5.88. The SMILES string of the molecule is Cc1cnc(-c2cc(C(=O)NC(C)c3cnc(C(F)(F)F)nc3)cc3c2OCC(=O)N3CC2CCOCC2)s1. The lowest BCUT2D eigenvalue weighted by atomic mass is 9.98. The zero-order valence-corrected chi connectivity index (χ0v) is 22.1. The third-order valence-corrected chi connectivity index (χ3v) is 7.62. The molecule has 2 aliphatic rings. The highest BCUT2D eigenvalue weighted by atomic mass is 32.1. The first-order valence-electron chi connectivity index (χ1n) is 12.4. The molecule has 2 amide bonds. The highest BCUT2D eigenvalue weighted by Crippen LogP contribution is 2.44. The fourth-order valence-electron chi connectivity index (χ4n) is 4.54. The minimum Gasteiger partial charge on any atom is -0.481 e. The van der Waals surface area contributed by atoms with Crippen LogP contribution in [-0.4, -0.2) is 53.1 Å². The number of benzene rings is 1. The van der Waals surface area contributed by atoms with Gasteiger partial charge in [0.25, 0.3) is 11.8 Å². The number of anilines is 1. The van der Waals surface area contributed by atoms with Gasteiger partial charge in [0, 0.05) is 54.4 Å². The summed E-state index contributed by atoms with van der Waals surface area (Å²) >= 11 is 1.43. The molecule has 0 bridgehead atoms. The molecular weight excluding hydrogens is 535 g/mol. The van der Waals surface area contributed by atoms with Crippen molar-refractivity contribution in [3.05, 3.63) is 52.6 Å². The molecule has 1 unspecified atom stereocenters. The smallest absolute Gasteiger partial charge is 0.451 e. The van der Waals surface area contributed by atoms with Gasteiger partial charge in [0.2, 0.25) is 5.82 Å². The van der Waals surface area contributed by atoms with Crippen molar-refractivity contribution in [3.63, 3.8) is 0 Å². The molecule has 2 aromatic heterocycles. The topological polar surface area (TPSA) is 107 Å². The number of carbonyl (C=O) groups is 2. The van der Waals surface area contributed by atoms with Crippen LogP contribution in [0.4, 0.5) is 18.9 Å². The second-order valence-corrected chi connectivity index (χ2v) is 10.8. The van der Waals surface area contributed by atoms with Crippen molar-refractivity contribution in [2.45, 2.75) is 38.9 Å². The number of alkyl halides is 3. The van der Waals surface area contributed by atoms with Crippen LogP contribution in [0.2, 0.25) is 0 Å². The fraction of sp³-hybridized carbons (Fsp3) is 0.423. The van der Waals surface area contributed by atoms with Crippen LogP contribution in [0.1, 0.15) is 52.4 Å². The lowest BCUT2D eigenvalue weighted by Crippen LogP contribution is -2.43. The van der Waals surface area contributed by atoms with Gasteiger partial charge in [0.1, 0.15) is 5.01 Å². The number of nitrogens with zero attached hydrogens (tertiary/aromatic N) is 4. The summed E-state index contributed by atoms with van der Waals surface area (Å²) in [4.78, 5) is 40.2. The van der Waals surface area contributed by atoms with Crippen LogP contribution in [0, 0.1) is 12.8 Å². The van der Waals surface area contributed by atoms with Crippen molar-refractivity contribution in [3.8, 4) is 16.3 Å². The average molecular weight is 562 g/mol. The van der Waals surface area contributed by atoms with Crippen molar-refractivity contribution >= 4 is 28.8 Å². The fourth-order valence-corrected chi connectivity index (χ4v) is 5.32. The van der Waals surface area contributed by atoms with E-state index in [2.05, 4.69) is 20.3 Å². The van der Waals surface area contributed by atoms with Gasteiger partial charge >= 0.3 is 6.18 Å². The molecule has 13 heteroatoms. The molecule has 1 aromatic carbocycles. The van der Waals surface area contributed by atoms with Crippen LogP contribution in [0.25, 0.3) is 10.6 Å². The van der Waals surface area contributed by atoms with E-state index in [0.29, 0.717) is 47.3 Å². The monoisotopic (exact) mass is 561 g/mol. The summed E-state index contributed by atoms with van der Waals surface area (Å²) < 4.78 is 49.8. The second-order valence-electron chi connectivity index (χ2n) is 9.53. The molecule has 5 rings (SSSR count). The van der Waals surface area contributed by atoms with E-state index in [1.165, 1.54) is 11.3 Å². The first-order chi connectivity index (χ1) is 18.6. The summed E-state index contributed by atoms with van der Waals surface area (Å²) in [5.74, 6) is -1.21. The van der Waals surface area contributed by atoms with Crippen molar-refractivity contribution < 1.29 is 32.2 Å². The Morgan fingerprint density at radius 2 is 1.90 bits per heavy atom. The van der Waals surface area contributed by atoms with E-state index < -0.39 is 23.9 Å². The van der Waals surface area contributed by atoms with E-state index >= 15 is 0 Å². The Labute approximate surface area is 226 Å². The summed E-state index contributed by atoms with van der Waals surface area (Å²) in [5, 5.41) is 3.43. The molecule has 0 saturated carbocycles. The largest absolute Gasteiger partial charge is 0.481 e. The van der Waals surface area contributed by atoms with Gasteiger partial charge < -0.3 is 19.7 Å². The Morgan fingerprint density at radius 1 is 1.18 bits per heavy atom. The predicted octanol–water partition coefficient (Wildman–Crippen LogP) is 4.57. The lowest BCUT2D eigenvalue weighted by Gasteiger charge is -2.34. The van der Waals surface area contributed by atoms with Gasteiger partial charge in [-0.25, -0.2) is 15.0 Å². The Balaban J connectivity index is 1.47. The number of hydrogen-bond donors (Lipinski definition) is 1. The molecule has 1 fully saturated rings. The molecule has 1 N–H and O–H groups in total. The summed E-state index contributed by atoms with van der Waals surface area (Å²) in [7, 11) is 0. The van der Waals surface area contributed by atoms with E-state index in [-0.39, 0.29) is 24.0 Å². The Bertz CT molecular complexity index is 1370. The van der Waals surface area contributed by atoms with E-state index in [4.69, 9.17) is 9.47 Å². The van der Waals surface area contributed by atoms with Crippen LogP contribution >= 0.6 is 11.3 Å². The van der Waals surface area contributed by atoms with E-state index in [0.717, 1.165) is 30.1 Å². The van der Waals surface area contributed by atoms with Gasteiger partial charge in [-0.05, 0) is 44.7 Å². The number of nitrogens with one attached hydrogen (secondary N) is 1. The predicted molar refractivity (Wildman–Crippen MR) is 137 cm³/mol. The lowest BCUT2D eigenvalue weighted by molar-refractivity contribution is -0.145. The zero-order chi connectivity index (χ0) is 27.7. The van der Waals surface area contributed by atoms with Crippen LogP contribution in [0.15, 0.2) is 30.7 Å². The molecule has 0 radical (unpaired) electrons. The minimum atomic E-state index is -4.66. The molecule has 3 aromatic rings. The van der Waals surface area contributed by atoms with Crippen molar-refractivity contribution in [2.75, 3.05) is 31.3 Å². The third-order valence-electron chi connectivity index (χ3n) is 6.67. The molecule has 2 aliphatic heterocycles. The maximum absolute atomic E-state index is 13.4. The number of rotatable bonds is 6. The van der Waals surface area contributed by atoms with Crippen LogP contribution in [0.5, 0.6) is 5.75 Å². The zero-order valence-electron chi connectivity index (χ0n) is 21.2. The summed E-state index contributed by atoms with van der Waals surface area (Å²) in [6.45, 7) is 5.15. The molecule has 206 valence electrons. The van der Waals surface area contributed by atoms with Crippen molar-refractivity contribution in [1.29, 1.82) is 0 Å². The molecule has 9 nitrogen and oxygen atoms in total. The van der Waals surface area contributed by atoms with E-state index in [9.17, 15) is 22.8 Å². The molecule has 1 atom stereocenters. The molecular formula is C26H26F3N5O4S. The van der Waals surface area contributed by atoms with Crippen LogP contribution in [-0.2, 0) is 15.7 Å². The average Bonchev–Trinajstić information content (AvgIpc) is 3.35. The second kappa shape index (κ2) is 10.9. The molecule has 0 aliphatic carbocycles. The standard InChI is InChI=1S/C26H26F3N5O4S/c1-14-9-30-24(39-14)19-7-17(23(36)33-15(2)18-10-31-25(32-11-18)26(27,28)29)8-20-22(19)38-13-21(35)34(20)12-16-3-5-37-6-4-16/h7-11,15-16H,3-6,12-13H2,1-2H3,(H,33,36). The summed E-state index contributed by atoms with van der Waals surface area (Å²) in [5.41, 5.74) is 1.64. The van der Waals surface area contributed by atoms with Gasteiger partial charge in [-0.15, -0.1) is 11.3 Å². The highest BCUT2D eigenvalue weighted by Gasteiger charge is 2.35. The molecule has 39 heavy (non-hydrogen) atoms. The number of aromatic nitrogens is 3. The van der Waals surface area contributed by atoms with Gasteiger partial charge in [-0.3, -0.25) is 9.59 Å². The Morgan fingerprint density at radius 3 is 2.54 bits per heavy atom. The number of aryl methyl sites for hydroxylation is 1. The van der Waals surface area contributed by atoms with Crippen LogP contribution in [0.3, 0.4) is 0 Å². The molecule has 4 heterocycles. The number of hydrogen-bond acceptors (Lipinski definition) is 8. The maximum atomic E-state index is 13.4. The molecule has 1 saturated heterocycles. The number of thiazole rings is 1. The first-order valence-corrected chi connectivity index (χ1v) is 13.2. The number of amides is 2. The first kappa shape index (κ1) is 27.0. The maximum Gasteiger partial charge on any atom is 0.451 e. The van der Waals surface area contributed by atoms with Crippen molar-refractivity contribution in [2.24, 2.45) is 5.92 Å². The Hall–Kier alpha value is -3.58. The molecule has 0 spiro atoms. The van der Waals surface area contributed by atoms with E-state index in [1.54, 1.807) is 30.2 Å². The minimum absolute atomic E-state index is 0.121. The van der Waals surface area contributed by atoms with Crippen molar-refractivity contribution in [1.82, 2.24) is 20.3 Å². The normalized spacial score (nSPS) is 16.9. The van der Waals surface area contributed by atoms with Gasteiger partial charge in [-0.1, -0.05) is 0 Å². The summed E-state index contributed by atoms with van der Waals surface area (Å²) in [6.07, 6.45) is 0.796. The van der Waals surface area contributed by atoms with Gasteiger partial charge in [0.15, 0.2) is 12.4 Å².